The lowest BCUT2D eigenvalue weighted by Gasteiger charge is -2.00. The summed E-state index contributed by atoms with van der Waals surface area (Å²) in [5.41, 5.74) is 5.47. The Hall–Kier alpha value is -2.05. The summed E-state index contributed by atoms with van der Waals surface area (Å²) in [6, 6.07) is 0. The Morgan fingerprint density at radius 2 is 2.12 bits per heavy atom. The predicted molar refractivity (Wildman–Crippen MR) is 64.9 cm³/mol. The number of imidazole rings is 1. The average molecular weight is 237 g/mol. The van der Waals surface area contributed by atoms with Gasteiger partial charge < -0.3 is 5.73 Å². The van der Waals surface area contributed by atoms with Crippen LogP contribution in [0, 0.1) is 0 Å². The molecule has 0 aromatic carbocycles. The summed E-state index contributed by atoms with van der Waals surface area (Å²) < 4.78 is 2.79. The third kappa shape index (κ3) is 1.73. The van der Waals surface area contributed by atoms with Crippen molar-refractivity contribution in [1.82, 2.24) is 19.1 Å². The third-order valence-corrected chi connectivity index (χ3v) is 2.74. The molecule has 0 spiro atoms. The Kier molecular flexibility index (Phi) is 2.74. The van der Waals surface area contributed by atoms with Crippen LogP contribution >= 0.6 is 0 Å². The molecule has 0 aliphatic heterocycles. The first-order valence-electron chi connectivity index (χ1n) is 5.51. The maximum atomic E-state index is 11.9. The molecule has 3 N–H and O–H groups in total. The van der Waals surface area contributed by atoms with Crippen molar-refractivity contribution >= 4 is 17.1 Å². The molecule has 0 saturated carbocycles. The molecule has 7 nitrogen and oxygen atoms in total. The van der Waals surface area contributed by atoms with Crippen molar-refractivity contribution in [2.75, 3.05) is 5.73 Å². The van der Waals surface area contributed by atoms with Gasteiger partial charge in [0.2, 0.25) is 5.95 Å². The highest BCUT2D eigenvalue weighted by atomic mass is 16.2. The number of aryl methyl sites for hydroxylation is 2. The molecule has 0 saturated heterocycles. The number of unbranched alkanes of at least 4 members (excludes halogenated alkanes) is 1. The van der Waals surface area contributed by atoms with Crippen molar-refractivity contribution in [3.63, 3.8) is 0 Å². The minimum absolute atomic E-state index is 0.0192. The van der Waals surface area contributed by atoms with Crippen LogP contribution in [-0.4, -0.2) is 19.1 Å². The summed E-state index contributed by atoms with van der Waals surface area (Å²) in [6.45, 7) is 2.54. The number of aromatic nitrogens is 4. The van der Waals surface area contributed by atoms with Crippen LogP contribution in [0.1, 0.15) is 19.8 Å². The Morgan fingerprint density at radius 1 is 1.41 bits per heavy atom. The molecule has 2 rings (SSSR count). The molecule has 92 valence electrons. The second kappa shape index (κ2) is 4.08. The predicted octanol–water partition coefficient (Wildman–Crippen LogP) is -0.194. The van der Waals surface area contributed by atoms with Crippen LogP contribution in [0.2, 0.25) is 0 Å². The number of hydrogen-bond acceptors (Lipinski definition) is 4. The fourth-order valence-electron chi connectivity index (χ4n) is 1.84. The number of nitrogens with one attached hydrogen (secondary N) is 1. The lowest BCUT2D eigenvalue weighted by Crippen LogP contribution is -2.23. The van der Waals surface area contributed by atoms with Gasteiger partial charge in [0.25, 0.3) is 5.56 Å². The summed E-state index contributed by atoms with van der Waals surface area (Å²) in [4.78, 5) is 30.1. The van der Waals surface area contributed by atoms with E-state index in [4.69, 9.17) is 5.73 Å². The zero-order chi connectivity index (χ0) is 12.6. The van der Waals surface area contributed by atoms with Crippen LogP contribution < -0.4 is 17.0 Å². The molecule has 0 unspecified atom stereocenters. The van der Waals surface area contributed by atoms with E-state index in [9.17, 15) is 9.59 Å². The highest BCUT2D eigenvalue weighted by molar-refractivity contribution is 5.71. The minimum atomic E-state index is -0.374. The molecular weight excluding hydrogens is 222 g/mol. The van der Waals surface area contributed by atoms with Gasteiger partial charge in [-0.3, -0.25) is 18.9 Å². The number of anilines is 1. The Bertz CT molecular complexity index is 664. The number of hydrogen-bond donors (Lipinski definition) is 2. The first kappa shape index (κ1) is 11.4. The molecule has 0 amide bonds. The van der Waals surface area contributed by atoms with Crippen molar-refractivity contribution < 1.29 is 0 Å². The van der Waals surface area contributed by atoms with Crippen molar-refractivity contribution in [3.05, 3.63) is 20.8 Å². The average Bonchev–Trinajstić information content (AvgIpc) is 2.51. The monoisotopic (exact) mass is 237 g/mol. The van der Waals surface area contributed by atoms with E-state index in [1.807, 2.05) is 6.92 Å². The lowest BCUT2D eigenvalue weighted by molar-refractivity contribution is 0.613. The van der Waals surface area contributed by atoms with Gasteiger partial charge in [0.15, 0.2) is 11.2 Å². The molecular formula is C10H15N5O2. The van der Waals surface area contributed by atoms with Crippen LogP contribution in [-0.2, 0) is 13.6 Å². The molecule has 0 radical (unpaired) electrons. The molecule has 7 heteroatoms. The lowest BCUT2D eigenvalue weighted by atomic mass is 10.3. The van der Waals surface area contributed by atoms with Gasteiger partial charge in [0.05, 0.1) is 0 Å². The summed E-state index contributed by atoms with van der Waals surface area (Å²) in [6.07, 6.45) is 1.78. The fourth-order valence-corrected chi connectivity index (χ4v) is 1.84. The van der Waals surface area contributed by atoms with Crippen LogP contribution in [0.15, 0.2) is 9.59 Å². The summed E-state index contributed by atoms with van der Waals surface area (Å²) >= 11 is 0. The fraction of sp³-hybridized carbons (Fsp3) is 0.500. The highest BCUT2D eigenvalue weighted by Gasteiger charge is 2.15. The molecule has 2 heterocycles. The topological polar surface area (TPSA) is 98.7 Å². The number of aromatic amines is 1. The molecule has 0 fully saturated rings. The number of fused-ring (bicyclic) bond motifs is 1. The second-order valence-electron chi connectivity index (χ2n) is 3.97. The molecule has 0 atom stereocenters. The van der Waals surface area contributed by atoms with Crippen LogP contribution in [0.4, 0.5) is 5.95 Å². The normalized spacial score (nSPS) is 11.2. The standard InChI is InChI=1S/C10H15N5O2/c1-3-4-5-15-6-7(14(2)10(15)17)12-9(11)13-8(6)16/h3-5H2,1-2H3,(H3,11,12,13,16). The van der Waals surface area contributed by atoms with Crippen LogP contribution in [0.25, 0.3) is 11.2 Å². The van der Waals surface area contributed by atoms with Gasteiger partial charge in [-0.2, -0.15) is 4.98 Å². The first-order chi connectivity index (χ1) is 8.06. The number of nitrogen functional groups attached to an aromatic ring is 1. The van der Waals surface area contributed by atoms with E-state index >= 15 is 0 Å². The first-order valence-corrected chi connectivity index (χ1v) is 5.51. The molecule has 2 aromatic heterocycles. The summed E-state index contributed by atoms with van der Waals surface area (Å²) in [5.74, 6) is 0.0192. The van der Waals surface area contributed by atoms with E-state index in [2.05, 4.69) is 9.97 Å². The van der Waals surface area contributed by atoms with Crippen molar-refractivity contribution in [2.24, 2.45) is 7.05 Å². The molecule has 0 aliphatic rings. The maximum absolute atomic E-state index is 11.9. The van der Waals surface area contributed by atoms with E-state index in [0.717, 1.165) is 12.8 Å². The van der Waals surface area contributed by atoms with Gasteiger partial charge in [-0.15, -0.1) is 0 Å². The Labute approximate surface area is 96.9 Å². The zero-order valence-electron chi connectivity index (χ0n) is 9.86. The molecule has 2 aromatic rings. The Balaban J connectivity index is 2.80. The number of H-pyrrole nitrogens is 1. The minimum Gasteiger partial charge on any atom is -0.369 e. The van der Waals surface area contributed by atoms with Gasteiger partial charge in [-0.1, -0.05) is 13.3 Å². The van der Waals surface area contributed by atoms with E-state index < -0.39 is 0 Å². The van der Waals surface area contributed by atoms with Gasteiger partial charge in [0, 0.05) is 13.6 Å². The van der Waals surface area contributed by atoms with Crippen molar-refractivity contribution in [1.29, 1.82) is 0 Å². The molecule has 0 bridgehead atoms. The van der Waals surface area contributed by atoms with Gasteiger partial charge in [-0.25, -0.2) is 4.79 Å². The van der Waals surface area contributed by atoms with Gasteiger partial charge >= 0.3 is 5.69 Å². The van der Waals surface area contributed by atoms with Crippen molar-refractivity contribution in [3.8, 4) is 0 Å². The van der Waals surface area contributed by atoms with Crippen LogP contribution in [0.3, 0.4) is 0 Å². The Morgan fingerprint density at radius 3 is 2.76 bits per heavy atom. The van der Waals surface area contributed by atoms with E-state index in [0.29, 0.717) is 17.7 Å². The zero-order valence-corrected chi connectivity index (χ0v) is 9.86. The van der Waals surface area contributed by atoms with Crippen molar-refractivity contribution in [2.45, 2.75) is 26.3 Å². The SMILES string of the molecule is CCCCn1c(=O)n(C)c2nc(N)[nH]c(=O)c21. The number of rotatable bonds is 3. The maximum Gasteiger partial charge on any atom is 0.330 e. The number of nitrogens with zero attached hydrogens (tertiary/aromatic N) is 3. The van der Waals surface area contributed by atoms with Crippen LogP contribution in [0.5, 0.6) is 0 Å². The molecule has 17 heavy (non-hydrogen) atoms. The van der Waals surface area contributed by atoms with E-state index in [1.54, 1.807) is 7.05 Å². The van der Waals surface area contributed by atoms with E-state index in [-0.39, 0.29) is 17.2 Å². The second-order valence-corrected chi connectivity index (χ2v) is 3.97. The van der Waals surface area contributed by atoms with E-state index in [1.165, 1.54) is 9.13 Å². The number of nitrogens with two attached hydrogens (primary N) is 1. The summed E-state index contributed by atoms with van der Waals surface area (Å²) in [7, 11) is 1.58. The molecule has 0 aliphatic carbocycles. The smallest absolute Gasteiger partial charge is 0.330 e. The summed E-state index contributed by atoms with van der Waals surface area (Å²) in [5, 5.41) is 0. The quantitative estimate of drug-likeness (QED) is 0.772. The highest BCUT2D eigenvalue weighted by Crippen LogP contribution is 2.06. The van der Waals surface area contributed by atoms with Gasteiger partial charge in [-0.05, 0) is 6.42 Å². The third-order valence-electron chi connectivity index (χ3n) is 2.74. The van der Waals surface area contributed by atoms with Gasteiger partial charge in [0.1, 0.15) is 0 Å². The largest absolute Gasteiger partial charge is 0.369 e.